The lowest BCUT2D eigenvalue weighted by atomic mass is 9.96. The van der Waals surface area contributed by atoms with Crippen molar-refractivity contribution >= 4 is 16.7 Å². The van der Waals surface area contributed by atoms with Crippen molar-refractivity contribution in [2.24, 2.45) is 5.92 Å². The van der Waals surface area contributed by atoms with Crippen molar-refractivity contribution in [1.29, 1.82) is 0 Å². The molecule has 0 aliphatic carbocycles. The van der Waals surface area contributed by atoms with Crippen LogP contribution in [0.4, 0.5) is 0 Å². The first-order valence-corrected chi connectivity index (χ1v) is 9.19. The van der Waals surface area contributed by atoms with Gasteiger partial charge in [-0.3, -0.25) is 4.79 Å². The van der Waals surface area contributed by atoms with Crippen LogP contribution in [0.1, 0.15) is 30.1 Å². The Bertz CT molecular complexity index is 809. The van der Waals surface area contributed by atoms with Crippen LogP contribution >= 0.6 is 0 Å². The summed E-state index contributed by atoms with van der Waals surface area (Å²) in [7, 11) is 0. The van der Waals surface area contributed by atoms with Gasteiger partial charge in [0.15, 0.2) is 0 Å². The molecule has 0 aromatic heterocycles. The number of terminal acetylenes is 1. The smallest absolute Gasteiger partial charge is 0.258 e. The normalized spacial score (nSPS) is 17.1. The Hall–Kier alpha value is -2.51. The quantitative estimate of drug-likeness (QED) is 0.588. The molecule has 2 aromatic carbocycles. The van der Waals surface area contributed by atoms with Gasteiger partial charge in [-0.2, -0.15) is 0 Å². The van der Waals surface area contributed by atoms with Crippen LogP contribution in [0.3, 0.4) is 0 Å². The van der Waals surface area contributed by atoms with Gasteiger partial charge in [0.1, 0.15) is 12.4 Å². The summed E-state index contributed by atoms with van der Waals surface area (Å²) >= 11 is 0. The van der Waals surface area contributed by atoms with Crippen LogP contribution < -0.4 is 4.74 Å². The third-order valence-electron chi connectivity index (χ3n) is 4.75. The van der Waals surface area contributed by atoms with Crippen molar-refractivity contribution < 1.29 is 14.3 Å². The molecule has 0 saturated carbocycles. The molecule has 26 heavy (non-hydrogen) atoms. The molecule has 3 rings (SSSR count). The van der Waals surface area contributed by atoms with E-state index in [2.05, 4.69) is 5.92 Å². The number of carbonyl (C=O) groups excluding carboxylic acids is 1. The first-order chi connectivity index (χ1) is 12.7. The lowest BCUT2D eigenvalue weighted by Crippen LogP contribution is -2.41. The fraction of sp³-hybridized carbons (Fsp3) is 0.409. The molecular weight excluding hydrogens is 326 g/mol. The van der Waals surface area contributed by atoms with E-state index < -0.39 is 0 Å². The summed E-state index contributed by atoms with van der Waals surface area (Å²) in [6.45, 7) is 4.84. The molecule has 0 radical (unpaired) electrons. The summed E-state index contributed by atoms with van der Waals surface area (Å²) in [6.07, 6.45) is 7.27. The van der Waals surface area contributed by atoms with E-state index in [-0.39, 0.29) is 5.91 Å². The standard InChI is InChI=1S/C22H25NO3/c1-3-14-25-16-17-8-7-13-23(15-17)22(24)21-19-10-6-5-9-18(19)11-12-20(21)26-4-2/h1,5-6,9-12,17H,4,7-8,13-16H2,2H3. The zero-order chi connectivity index (χ0) is 18.4. The lowest BCUT2D eigenvalue weighted by molar-refractivity contribution is 0.0533. The van der Waals surface area contributed by atoms with Crippen LogP contribution in [-0.4, -0.2) is 43.7 Å². The first kappa shape index (κ1) is 18.3. The maximum atomic E-state index is 13.4. The zero-order valence-corrected chi connectivity index (χ0v) is 15.2. The van der Waals surface area contributed by atoms with Crippen LogP contribution in [0, 0.1) is 18.3 Å². The number of carbonyl (C=O) groups is 1. The Labute approximate surface area is 155 Å². The molecule has 4 heteroatoms. The fourth-order valence-electron chi connectivity index (χ4n) is 3.58. The van der Waals surface area contributed by atoms with Gasteiger partial charge in [0.2, 0.25) is 0 Å². The highest BCUT2D eigenvalue weighted by molar-refractivity contribution is 6.09. The Balaban J connectivity index is 1.86. The molecule has 4 nitrogen and oxygen atoms in total. The minimum absolute atomic E-state index is 0.0342. The van der Waals surface area contributed by atoms with Crippen LogP contribution in [0.5, 0.6) is 5.75 Å². The van der Waals surface area contributed by atoms with E-state index in [0.29, 0.717) is 43.6 Å². The van der Waals surface area contributed by atoms with E-state index in [0.717, 1.165) is 30.2 Å². The minimum atomic E-state index is 0.0342. The van der Waals surface area contributed by atoms with E-state index in [1.807, 2.05) is 48.2 Å². The van der Waals surface area contributed by atoms with Crippen molar-refractivity contribution in [3.05, 3.63) is 42.0 Å². The van der Waals surface area contributed by atoms with Gasteiger partial charge in [0.05, 0.1) is 18.8 Å². The molecule has 0 N–H and O–H groups in total. The Morgan fingerprint density at radius 2 is 2.15 bits per heavy atom. The predicted molar refractivity (Wildman–Crippen MR) is 103 cm³/mol. The van der Waals surface area contributed by atoms with E-state index in [1.165, 1.54) is 0 Å². The molecule has 1 unspecified atom stereocenters. The molecular formula is C22H25NO3. The topological polar surface area (TPSA) is 38.8 Å². The summed E-state index contributed by atoms with van der Waals surface area (Å²) in [4.78, 5) is 15.3. The second-order valence-corrected chi connectivity index (χ2v) is 6.57. The van der Waals surface area contributed by atoms with Crippen LogP contribution in [0.2, 0.25) is 0 Å². The number of ether oxygens (including phenoxy) is 2. The van der Waals surface area contributed by atoms with Crippen molar-refractivity contribution in [2.75, 3.05) is 32.9 Å². The average Bonchev–Trinajstić information content (AvgIpc) is 2.68. The van der Waals surface area contributed by atoms with Gasteiger partial charge in [0.25, 0.3) is 5.91 Å². The van der Waals surface area contributed by atoms with Crippen molar-refractivity contribution in [2.45, 2.75) is 19.8 Å². The van der Waals surface area contributed by atoms with Gasteiger partial charge in [-0.1, -0.05) is 36.3 Å². The molecule has 0 spiro atoms. The molecule has 136 valence electrons. The first-order valence-electron chi connectivity index (χ1n) is 9.19. The summed E-state index contributed by atoms with van der Waals surface area (Å²) in [5, 5.41) is 1.99. The van der Waals surface area contributed by atoms with E-state index in [9.17, 15) is 4.79 Å². The number of piperidine rings is 1. The van der Waals surface area contributed by atoms with Gasteiger partial charge < -0.3 is 14.4 Å². The monoisotopic (exact) mass is 351 g/mol. The highest BCUT2D eigenvalue weighted by Crippen LogP contribution is 2.31. The predicted octanol–water partition coefficient (Wildman–Crippen LogP) is 3.74. The molecule has 2 aromatic rings. The van der Waals surface area contributed by atoms with Gasteiger partial charge in [-0.15, -0.1) is 6.42 Å². The third-order valence-corrected chi connectivity index (χ3v) is 4.75. The highest BCUT2D eigenvalue weighted by atomic mass is 16.5. The molecule has 1 fully saturated rings. The van der Waals surface area contributed by atoms with E-state index in [1.54, 1.807) is 0 Å². The van der Waals surface area contributed by atoms with Crippen molar-refractivity contribution in [3.8, 4) is 18.1 Å². The number of nitrogens with zero attached hydrogens (tertiary/aromatic N) is 1. The third kappa shape index (κ3) is 4.00. The molecule has 0 bridgehead atoms. The number of benzene rings is 2. The number of fused-ring (bicyclic) bond motifs is 1. The number of amides is 1. The Morgan fingerprint density at radius 3 is 2.96 bits per heavy atom. The summed E-state index contributed by atoms with van der Waals surface area (Å²) in [5.41, 5.74) is 0.662. The largest absolute Gasteiger partial charge is 0.493 e. The van der Waals surface area contributed by atoms with E-state index >= 15 is 0 Å². The minimum Gasteiger partial charge on any atom is -0.493 e. The second-order valence-electron chi connectivity index (χ2n) is 6.57. The SMILES string of the molecule is C#CCOCC1CCCN(C(=O)c2c(OCC)ccc3ccccc23)C1. The molecule has 1 atom stereocenters. The van der Waals surface area contributed by atoms with Crippen molar-refractivity contribution in [1.82, 2.24) is 4.90 Å². The molecule has 1 aliphatic heterocycles. The van der Waals surface area contributed by atoms with Crippen molar-refractivity contribution in [3.63, 3.8) is 0 Å². The zero-order valence-electron chi connectivity index (χ0n) is 15.2. The van der Waals surface area contributed by atoms with Crippen LogP contribution in [-0.2, 0) is 4.74 Å². The van der Waals surface area contributed by atoms with E-state index in [4.69, 9.17) is 15.9 Å². The number of hydrogen-bond acceptors (Lipinski definition) is 3. The number of likely N-dealkylation sites (tertiary alicyclic amines) is 1. The van der Waals surface area contributed by atoms with Crippen LogP contribution in [0.15, 0.2) is 36.4 Å². The average molecular weight is 351 g/mol. The molecule has 1 heterocycles. The molecule has 1 saturated heterocycles. The van der Waals surface area contributed by atoms with Gasteiger partial charge in [0, 0.05) is 19.0 Å². The van der Waals surface area contributed by atoms with Gasteiger partial charge in [-0.05, 0) is 36.6 Å². The maximum absolute atomic E-state index is 13.4. The summed E-state index contributed by atoms with van der Waals surface area (Å²) in [5.74, 6) is 3.50. The number of hydrogen-bond donors (Lipinski definition) is 0. The van der Waals surface area contributed by atoms with Gasteiger partial charge >= 0.3 is 0 Å². The molecule has 1 amide bonds. The Morgan fingerprint density at radius 1 is 1.31 bits per heavy atom. The summed E-state index contributed by atoms with van der Waals surface area (Å²) < 4.78 is 11.3. The lowest BCUT2D eigenvalue weighted by Gasteiger charge is -2.33. The van der Waals surface area contributed by atoms with Crippen LogP contribution in [0.25, 0.3) is 10.8 Å². The fourth-order valence-corrected chi connectivity index (χ4v) is 3.58. The Kier molecular flexibility index (Phi) is 6.14. The summed E-state index contributed by atoms with van der Waals surface area (Å²) in [6, 6.07) is 11.9. The molecule has 1 aliphatic rings. The number of rotatable bonds is 6. The second kappa shape index (κ2) is 8.73. The maximum Gasteiger partial charge on any atom is 0.258 e. The van der Waals surface area contributed by atoms with Gasteiger partial charge in [-0.25, -0.2) is 0 Å². The highest BCUT2D eigenvalue weighted by Gasteiger charge is 2.27.